The minimum absolute atomic E-state index is 0.504. The molecule has 1 aromatic heterocycles. The predicted molar refractivity (Wildman–Crippen MR) is 107 cm³/mol. The molecule has 0 spiro atoms. The molecule has 146 valence electrons. The minimum Gasteiger partial charge on any atom is -0.493 e. The van der Waals surface area contributed by atoms with Crippen LogP contribution >= 0.6 is 11.3 Å². The summed E-state index contributed by atoms with van der Waals surface area (Å²) in [7, 11) is 1.65. The van der Waals surface area contributed by atoms with Crippen molar-refractivity contribution in [2.75, 3.05) is 20.3 Å². The maximum Gasteiger partial charge on any atom is 0.165 e. The summed E-state index contributed by atoms with van der Waals surface area (Å²) in [6, 6.07) is 12.4. The average Bonchev–Trinajstić information content (AvgIpc) is 3.01. The summed E-state index contributed by atoms with van der Waals surface area (Å²) in [6.45, 7) is 4.43. The summed E-state index contributed by atoms with van der Waals surface area (Å²) in [5.74, 6) is -0.171. The maximum absolute atomic E-state index is 13.6. The molecule has 0 atom stereocenters. The van der Waals surface area contributed by atoms with Gasteiger partial charge in [0.15, 0.2) is 23.1 Å². The van der Waals surface area contributed by atoms with Gasteiger partial charge in [0, 0.05) is 35.0 Å². The zero-order chi connectivity index (χ0) is 19.7. The highest BCUT2D eigenvalue weighted by molar-refractivity contribution is 7.15. The third-order valence-corrected chi connectivity index (χ3v) is 5.86. The number of halogens is 2. The van der Waals surface area contributed by atoms with Crippen molar-refractivity contribution in [3.05, 3.63) is 70.1 Å². The quantitative estimate of drug-likeness (QED) is 0.584. The molecule has 0 saturated carbocycles. The number of hydrogen-bond acceptors (Lipinski definition) is 4. The largest absolute Gasteiger partial charge is 0.493 e. The van der Waals surface area contributed by atoms with Crippen LogP contribution in [0.25, 0.3) is 10.4 Å². The van der Waals surface area contributed by atoms with E-state index >= 15 is 0 Å². The molecular formula is C22H21F2NO2S. The number of methoxy groups -OCH3 is 1. The zero-order valence-electron chi connectivity index (χ0n) is 15.8. The highest BCUT2D eigenvalue weighted by Gasteiger charge is 2.21. The lowest BCUT2D eigenvalue weighted by molar-refractivity contribution is 0.216. The molecule has 3 aromatic rings. The van der Waals surface area contributed by atoms with Crippen LogP contribution in [-0.4, -0.2) is 25.2 Å². The van der Waals surface area contributed by atoms with Gasteiger partial charge in [-0.05, 0) is 54.4 Å². The number of ether oxygens (including phenoxy) is 2. The molecule has 0 radical (unpaired) electrons. The Hall–Kier alpha value is -2.44. The molecule has 4 rings (SSSR count). The molecule has 0 N–H and O–H groups in total. The van der Waals surface area contributed by atoms with Crippen LogP contribution in [0.3, 0.4) is 0 Å². The van der Waals surface area contributed by atoms with Crippen molar-refractivity contribution in [1.29, 1.82) is 0 Å². The fourth-order valence-corrected chi connectivity index (χ4v) is 4.31. The minimum atomic E-state index is -0.825. The number of benzene rings is 2. The third kappa shape index (κ3) is 3.88. The summed E-state index contributed by atoms with van der Waals surface area (Å²) in [6.07, 6.45) is 0. The topological polar surface area (TPSA) is 21.7 Å². The Morgan fingerprint density at radius 2 is 1.96 bits per heavy atom. The first-order valence-corrected chi connectivity index (χ1v) is 9.92. The van der Waals surface area contributed by atoms with Crippen molar-refractivity contribution in [2.24, 2.45) is 0 Å². The van der Waals surface area contributed by atoms with Crippen LogP contribution < -0.4 is 9.47 Å². The smallest absolute Gasteiger partial charge is 0.165 e. The van der Waals surface area contributed by atoms with E-state index in [1.165, 1.54) is 21.9 Å². The first-order chi connectivity index (χ1) is 13.5. The fraction of sp³-hybridized carbons (Fsp3) is 0.273. The number of thiophene rings is 1. The second-order valence-corrected chi connectivity index (χ2v) is 8.17. The molecule has 1 aliphatic heterocycles. The summed E-state index contributed by atoms with van der Waals surface area (Å²) < 4.78 is 38.3. The highest BCUT2D eigenvalue weighted by Crippen LogP contribution is 2.40. The van der Waals surface area contributed by atoms with Gasteiger partial charge in [0.1, 0.15) is 6.61 Å². The summed E-state index contributed by atoms with van der Waals surface area (Å²) in [4.78, 5) is 4.59. The standard InChI is InChI=1S/C22H21F2NO2S/c1-14-3-6-21(28-14)16-10-17-13-25(7-8-27-22(17)20(11-16)26-2)12-15-4-5-18(23)19(24)9-15/h3-6,9-11H,7-8,12-13H2,1-2H3. The Morgan fingerprint density at radius 1 is 1.11 bits per heavy atom. The SMILES string of the molecule is COc1cc(-c2ccc(C)s2)cc2c1OCCN(Cc1ccc(F)c(F)c1)C2. The van der Waals surface area contributed by atoms with Crippen LogP contribution in [0.2, 0.25) is 0 Å². The molecular weight excluding hydrogens is 380 g/mol. The van der Waals surface area contributed by atoms with Crippen molar-refractivity contribution in [2.45, 2.75) is 20.0 Å². The van der Waals surface area contributed by atoms with E-state index in [0.717, 1.165) is 22.4 Å². The number of rotatable bonds is 4. The van der Waals surface area contributed by atoms with Crippen molar-refractivity contribution in [3.8, 4) is 21.9 Å². The number of fused-ring (bicyclic) bond motifs is 1. The van der Waals surface area contributed by atoms with Crippen LogP contribution in [0, 0.1) is 18.6 Å². The fourth-order valence-electron chi connectivity index (χ4n) is 3.45. The maximum atomic E-state index is 13.6. The van der Waals surface area contributed by atoms with E-state index in [0.29, 0.717) is 32.0 Å². The number of hydrogen-bond donors (Lipinski definition) is 0. The van der Waals surface area contributed by atoms with Gasteiger partial charge in [-0.2, -0.15) is 0 Å². The second-order valence-electron chi connectivity index (χ2n) is 6.88. The van der Waals surface area contributed by atoms with Crippen LogP contribution in [0.15, 0.2) is 42.5 Å². The Labute approximate surface area is 167 Å². The van der Waals surface area contributed by atoms with Gasteiger partial charge in [-0.3, -0.25) is 4.90 Å². The van der Waals surface area contributed by atoms with E-state index in [1.54, 1.807) is 24.5 Å². The Morgan fingerprint density at radius 3 is 2.68 bits per heavy atom. The molecule has 0 amide bonds. The first-order valence-electron chi connectivity index (χ1n) is 9.10. The van der Waals surface area contributed by atoms with Gasteiger partial charge in [0.05, 0.1) is 7.11 Å². The molecule has 0 aliphatic carbocycles. The molecule has 0 unspecified atom stereocenters. The summed E-state index contributed by atoms with van der Waals surface area (Å²) >= 11 is 1.74. The molecule has 0 saturated heterocycles. The lowest BCUT2D eigenvalue weighted by Crippen LogP contribution is -2.25. The van der Waals surface area contributed by atoms with Crippen LogP contribution in [0.5, 0.6) is 11.5 Å². The molecule has 3 nitrogen and oxygen atoms in total. The average molecular weight is 401 g/mol. The first kappa shape index (κ1) is 18.9. The van der Waals surface area contributed by atoms with Gasteiger partial charge >= 0.3 is 0 Å². The van der Waals surface area contributed by atoms with E-state index in [4.69, 9.17) is 9.47 Å². The van der Waals surface area contributed by atoms with Crippen molar-refractivity contribution in [1.82, 2.24) is 4.90 Å². The lowest BCUT2D eigenvalue weighted by Gasteiger charge is -2.20. The van der Waals surface area contributed by atoms with Crippen molar-refractivity contribution < 1.29 is 18.3 Å². The molecule has 1 aliphatic rings. The third-order valence-electron chi connectivity index (χ3n) is 4.81. The van der Waals surface area contributed by atoms with Crippen molar-refractivity contribution in [3.63, 3.8) is 0 Å². The van der Waals surface area contributed by atoms with E-state index in [-0.39, 0.29) is 0 Å². The van der Waals surface area contributed by atoms with Crippen LogP contribution in [-0.2, 0) is 13.1 Å². The Bertz CT molecular complexity index is 1000. The molecule has 28 heavy (non-hydrogen) atoms. The Kier molecular flexibility index (Phi) is 5.33. The van der Waals surface area contributed by atoms with Gasteiger partial charge in [-0.1, -0.05) is 6.07 Å². The second kappa shape index (κ2) is 7.89. The molecule has 0 bridgehead atoms. The van der Waals surface area contributed by atoms with Gasteiger partial charge in [0.25, 0.3) is 0 Å². The van der Waals surface area contributed by atoms with Gasteiger partial charge in [-0.15, -0.1) is 11.3 Å². The number of aryl methyl sites for hydroxylation is 1. The van der Waals surface area contributed by atoms with Crippen LogP contribution in [0.1, 0.15) is 16.0 Å². The Balaban J connectivity index is 1.64. The number of nitrogens with zero attached hydrogens (tertiary/aromatic N) is 1. The normalized spacial score (nSPS) is 14.3. The van der Waals surface area contributed by atoms with E-state index < -0.39 is 11.6 Å². The summed E-state index contributed by atoms with van der Waals surface area (Å²) in [5, 5.41) is 0. The molecule has 2 heterocycles. The summed E-state index contributed by atoms with van der Waals surface area (Å²) in [5.41, 5.74) is 2.85. The molecule has 0 fully saturated rings. The van der Waals surface area contributed by atoms with Gasteiger partial charge in [-0.25, -0.2) is 8.78 Å². The molecule has 2 aromatic carbocycles. The molecule has 6 heteroatoms. The van der Waals surface area contributed by atoms with E-state index in [1.807, 2.05) is 6.07 Å². The van der Waals surface area contributed by atoms with Crippen molar-refractivity contribution >= 4 is 11.3 Å². The van der Waals surface area contributed by atoms with Gasteiger partial charge in [0.2, 0.25) is 0 Å². The predicted octanol–water partition coefficient (Wildman–Crippen LogP) is 5.40. The van der Waals surface area contributed by atoms with Crippen LogP contribution in [0.4, 0.5) is 8.78 Å². The highest BCUT2D eigenvalue weighted by atomic mass is 32.1. The van der Waals surface area contributed by atoms with Gasteiger partial charge < -0.3 is 9.47 Å². The lowest BCUT2D eigenvalue weighted by atomic mass is 10.1. The zero-order valence-corrected chi connectivity index (χ0v) is 16.6. The monoisotopic (exact) mass is 401 g/mol. The van der Waals surface area contributed by atoms with E-state index in [2.05, 4.69) is 30.0 Å². The van der Waals surface area contributed by atoms with E-state index in [9.17, 15) is 8.78 Å².